The van der Waals surface area contributed by atoms with Gasteiger partial charge in [0.2, 0.25) is 0 Å². The zero-order chi connectivity index (χ0) is 12.4. The van der Waals surface area contributed by atoms with Gasteiger partial charge in [-0.05, 0) is 42.7 Å². The molecule has 2 aliphatic carbocycles. The van der Waals surface area contributed by atoms with Gasteiger partial charge in [0.25, 0.3) is 0 Å². The van der Waals surface area contributed by atoms with Gasteiger partial charge in [-0.25, -0.2) is 0 Å². The van der Waals surface area contributed by atoms with Gasteiger partial charge in [0.05, 0.1) is 5.60 Å². The van der Waals surface area contributed by atoms with E-state index in [0.29, 0.717) is 0 Å². The Labute approximate surface area is 109 Å². The highest BCUT2D eigenvalue weighted by Crippen LogP contribution is 2.41. The number of benzene rings is 1. The lowest BCUT2D eigenvalue weighted by Gasteiger charge is -2.22. The van der Waals surface area contributed by atoms with Gasteiger partial charge in [-0.1, -0.05) is 37.1 Å². The van der Waals surface area contributed by atoms with E-state index in [0.717, 1.165) is 31.8 Å². The zero-order valence-electron chi connectivity index (χ0n) is 11.0. The summed E-state index contributed by atoms with van der Waals surface area (Å²) in [4.78, 5) is 0. The van der Waals surface area contributed by atoms with Gasteiger partial charge in [0.1, 0.15) is 0 Å². The molecule has 0 unspecified atom stereocenters. The molecule has 0 bridgehead atoms. The summed E-state index contributed by atoms with van der Waals surface area (Å²) in [6.45, 7) is 1.64. The van der Waals surface area contributed by atoms with Crippen molar-refractivity contribution in [2.24, 2.45) is 0 Å². The minimum Gasteiger partial charge on any atom is -0.389 e. The smallest absolute Gasteiger partial charge is 0.0771 e. The first-order valence-corrected chi connectivity index (χ1v) is 7.28. The molecule has 0 aromatic heterocycles. The van der Waals surface area contributed by atoms with Crippen molar-refractivity contribution in [1.82, 2.24) is 5.32 Å². The fourth-order valence-electron chi connectivity index (χ4n) is 3.13. The molecule has 0 heterocycles. The van der Waals surface area contributed by atoms with Gasteiger partial charge in [-0.15, -0.1) is 0 Å². The van der Waals surface area contributed by atoms with Gasteiger partial charge in [0.15, 0.2) is 0 Å². The molecule has 0 amide bonds. The van der Waals surface area contributed by atoms with E-state index in [1.807, 2.05) is 0 Å². The molecule has 1 aromatic rings. The quantitative estimate of drug-likeness (QED) is 0.836. The third kappa shape index (κ3) is 2.76. The van der Waals surface area contributed by atoms with Crippen LogP contribution in [0.25, 0.3) is 0 Å². The van der Waals surface area contributed by atoms with Crippen molar-refractivity contribution in [3.05, 3.63) is 35.4 Å². The lowest BCUT2D eigenvalue weighted by molar-refractivity contribution is 0.0474. The normalized spacial score (nSPS) is 22.3. The van der Waals surface area contributed by atoms with E-state index < -0.39 is 5.60 Å². The molecule has 3 rings (SSSR count). The Hall–Kier alpha value is -0.860. The maximum Gasteiger partial charge on any atom is 0.0771 e. The van der Waals surface area contributed by atoms with Crippen LogP contribution in [0.3, 0.4) is 0 Å². The van der Waals surface area contributed by atoms with E-state index in [-0.39, 0.29) is 0 Å². The van der Waals surface area contributed by atoms with Crippen molar-refractivity contribution in [2.75, 3.05) is 6.54 Å². The first kappa shape index (κ1) is 12.2. The van der Waals surface area contributed by atoms with Crippen molar-refractivity contribution in [3.8, 4) is 0 Å². The van der Waals surface area contributed by atoms with Crippen LogP contribution < -0.4 is 5.32 Å². The van der Waals surface area contributed by atoms with Gasteiger partial charge in [-0.3, -0.25) is 0 Å². The standard InChI is InChI=1S/C16H23NO/c18-16(9-3-4-10-16)12-17-11-14-5-1-2-6-15(14)13-7-8-13/h1-2,5-6,13,17-18H,3-4,7-12H2. The van der Waals surface area contributed by atoms with Gasteiger partial charge in [-0.2, -0.15) is 0 Å². The molecule has 2 fully saturated rings. The lowest BCUT2D eigenvalue weighted by Crippen LogP contribution is -2.37. The van der Waals surface area contributed by atoms with Crippen LogP contribution in [0.1, 0.15) is 55.6 Å². The number of aliphatic hydroxyl groups is 1. The van der Waals surface area contributed by atoms with E-state index in [2.05, 4.69) is 29.6 Å². The summed E-state index contributed by atoms with van der Waals surface area (Å²) >= 11 is 0. The third-order valence-electron chi connectivity index (χ3n) is 4.38. The van der Waals surface area contributed by atoms with Crippen LogP contribution in [0.2, 0.25) is 0 Å². The first-order valence-electron chi connectivity index (χ1n) is 7.28. The van der Waals surface area contributed by atoms with Gasteiger partial charge >= 0.3 is 0 Å². The Morgan fingerprint density at radius 2 is 1.89 bits per heavy atom. The highest BCUT2D eigenvalue weighted by molar-refractivity contribution is 5.33. The Morgan fingerprint density at radius 1 is 1.17 bits per heavy atom. The monoisotopic (exact) mass is 245 g/mol. The summed E-state index contributed by atoms with van der Waals surface area (Å²) in [6.07, 6.45) is 6.98. The van der Waals surface area contributed by atoms with Gasteiger partial charge < -0.3 is 10.4 Å². The molecule has 2 saturated carbocycles. The SMILES string of the molecule is OC1(CNCc2ccccc2C2CC2)CCCC1. The van der Waals surface area contributed by atoms with Crippen molar-refractivity contribution in [2.45, 2.75) is 56.6 Å². The Balaban J connectivity index is 1.56. The highest BCUT2D eigenvalue weighted by atomic mass is 16.3. The minimum atomic E-state index is -0.436. The van der Waals surface area contributed by atoms with Crippen molar-refractivity contribution < 1.29 is 5.11 Å². The second-order valence-electron chi connectivity index (χ2n) is 6.01. The predicted octanol–water partition coefficient (Wildman–Crippen LogP) is 2.96. The summed E-state index contributed by atoms with van der Waals surface area (Å²) in [6, 6.07) is 8.74. The number of nitrogens with one attached hydrogen (secondary N) is 1. The van der Waals surface area contributed by atoms with Crippen molar-refractivity contribution in [1.29, 1.82) is 0 Å². The molecule has 18 heavy (non-hydrogen) atoms. The summed E-state index contributed by atoms with van der Waals surface area (Å²) in [5, 5.41) is 13.8. The van der Waals surface area contributed by atoms with Crippen LogP contribution in [-0.2, 0) is 6.54 Å². The van der Waals surface area contributed by atoms with Crippen LogP contribution in [0.4, 0.5) is 0 Å². The van der Waals surface area contributed by atoms with Crippen LogP contribution in [-0.4, -0.2) is 17.3 Å². The topological polar surface area (TPSA) is 32.3 Å². The molecule has 0 radical (unpaired) electrons. The minimum absolute atomic E-state index is 0.436. The Kier molecular flexibility index (Phi) is 3.40. The second-order valence-corrected chi connectivity index (χ2v) is 6.01. The number of rotatable bonds is 5. The molecule has 0 saturated heterocycles. The highest BCUT2D eigenvalue weighted by Gasteiger charge is 2.30. The fourth-order valence-corrected chi connectivity index (χ4v) is 3.13. The molecule has 2 aliphatic rings. The maximum atomic E-state index is 10.3. The summed E-state index contributed by atoms with van der Waals surface area (Å²) < 4.78 is 0. The number of hydrogen-bond donors (Lipinski definition) is 2. The molecule has 2 heteroatoms. The molecule has 98 valence electrons. The second kappa shape index (κ2) is 5.02. The summed E-state index contributed by atoms with van der Waals surface area (Å²) in [5.41, 5.74) is 2.50. The molecule has 0 aliphatic heterocycles. The third-order valence-corrected chi connectivity index (χ3v) is 4.38. The average Bonchev–Trinajstić information content (AvgIpc) is 3.13. The van der Waals surface area contributed by atoms with Gasteiger partial charge in [0, 0.05) is 13.1 Å². The Bertz CT molecular complexity index is 405. The lowest BCUT2D eigenvalue weighted by atomic mass is 10.0. The van der Waals surface area contributed by atoms with Crippen molar-refractivity contribution >= 4 is 0 Å². The molecular weight excluding hydrogens is 222 g/mol. The zero-order valence-corrected chi connectivity index (χ0v) is 11.0. The largest absolute Gasteiger partial charge is 0.389 e. The Morgan fingerprint density at radius 3 is 2.61 bits per heavy atom. The maximum absolute atomic E-state index is 10.3. The van der Waals surface area contributed by atoms with Crippen LogP contribution in [0.15, 0.2) is 24.3 Å². The van der Waals surface area contributed by atoms with Crippen LogP contribution in [0, 0.1) is 0 Å². The molecular formula is C16H23NO. The fraction of sp³-hybridized carbons (Fsp3) is 0.625. The molecule has 0 atom stereocenters. The molecule has 0 spiro atoms. The molecule has 2 N–H and O–H groups in total. The molecule has 1 aromatic carbocycles. The average molecular weight is 245 g/mol. The van der Waals surface area contributed by atoms with Crippen LogP contribution in [0.5, 0.6) is 0 Å². The predicted molar refractivity (Wildman–Crippen MR) is 73.5 cm³/mol. The van der Waals surface area contributed by atoms with E-state index in [9.17, 15) is 5.11 Å². The van der Waals surface area contributed by atoms with E-state index >= 15 is 0 Å². The first-order chi connectivity index (χ1) is 8.77. The summed E-state index contributed by atoms with van der Waals surface area (Å²) in [7, 11) is 0. The summed E-state index contributed by atoms with van der Waals surface area (Å²) in [5.74, 6) is 0.803. The van der Waals surface area contributed by atoms with Crippen molar-refractivity contribution in [3.63, 3.8) is 0 Å². The van der Waals surface area contributed by atoms with E-state index in [1.165, 1.54) is 36.8 Å². The van der Waals surface area contributed by atoms with Crippen LogP contribution >= 0.6 is 0 Å². The molecule has 2 nitrogen and oxygen atoms in total. The number of hydrogen-bond acceptors (Lipinski definition) is 2. The van der Waals surface area contributed by atoms with E-state index in [1.54, 1.807) is 0 Å². The van der Waals surface area contributed by atoms with E-state index in [4.69, 9.17) is 0 Å².